The smallest absolute Gasteiger partial charge is 0.410 e. The highest BCUT2D eigenvalue weighted by Gasteiger charge is 2.36. The van der Waals surface area contributed by atoms with E-state index in [0.717, 1.165) is 18.4 Å². The number of amides is 1. The molecular formula is C17H20ClN3O3. The summed E-state index contributed by atoms with van der Waals surface area (Å²) in [6, 6.07) is 6.93. The average Bonchev–Trinajstić information content (AvgIpc) is 3.15. The molecule has 0 aliphatic carbocycles. The van der Waals surface area contributed by atoms with E-state index >= 15 is 0 Å². The van der Waals surface area contributed by atoms with Crippen LogP contribution in [-0.2, 0) is 4.74 Å². The van der Waals surface area contributed by atoms with Crippen molar-refractivity contribution in [2.24, 2.45) is 0 Å². The van der Waals surface area contributed by atoms with Gasteiger partial charge in [0.05, 0.1) is 0 Å². The lowest BCUT2D eigenvalue weighted by Crippen LogP contribution is -2.36. The maximum absolute atomic E-state index is 12.4. The SMILES string of the molecule is CC(C)(C)OC(=O)N1CCCC1c1nnc(-c2ccc(Cl)cc2)o1. The molecule has 0 spiro atoms. The molecule has 0 saturated carbocycles. The summed E-state index contributed by atoms with van der Waals surface area (Å²) in [6.45, 7) is 6.17. The quantitative estimate of drug-likeness (QED) is 0.800. The molecule has 6 nitrogen and oxygen atoms in total. The van der Waals surface area contributed by atoms with Gasteiger partial charge in [0.25, 0.3) is 0 Å². The number of hydrogen-bond donors (Lipinski definition) is 0. The maximum Gasteiger partial charge on any atom is 0.410 e. The van der Waals surface area contributed by atoms with Crippen molar-refractivity contribution in [2.75, 3.05) is 6.54 Å². The highest BCUT2D eigenvalue weighted by atomic mass is 35.5. The Balaban J connectivity index is 1.78. The van der Waals surface area contributed by atoms with E-state index in [1.807, 2.05) is 32.9 Å². The van der Waals surface area contributed by atoms with Gasteiger partial charge in [-0.25, -0.2) is 4.79 Å². The van der Waals surface area contributed by atoms with E-state index in [9.17, 15) is 4.79 Å². The molecule has 128 valence electrons. The van der Waals surface area contributed by atoms with E-state index in [-0.39, 0.29) is 12.1 Å². The van der Waals surface area contributed by atoms with Crippen molar-refractivity contribution in [2.45, 2.75) is 45.3 Å². The lowest BCUT2D eigenvalue weighted by molar-refractivity contribution is 0.0204. The number of carbonyl (C=O) groups is 1. The Morgan fingerprint density at radius 1 is 1.29 bits per heavy atom. The van der Waals surface area contributed by atoms with Crippen LogP contribution in [0.3, 0.4) is 0 Å². The van der Waals surface area contributed by atoms with Gasteiger partial charge in [0.1, 0.15) is 11.6 Å². The lowest BCUT2D eigenvalue weighted by atomic mass is 10.2. The predicted octanol–water partition coefficient (Wildman–Crippen LogP) is 4.46. The molecule has 1 aromatic heterocycles. The fraction of sp³-hybridized carbons (Fsp3) is 0.471. The number of hydrogen-bond acceptors (Lipinski definition) is 5. The topological polar surface area (TPSA) is 68.5 Å². The van der Waals surface area contributed by atoms with Gasteiger partial charge in [0.2, 0.25) is 11.8 Å². The minimum atomic E-state index is -0.534. The Hall–Kier alpha value is -2.08. The van der Waals surface area contributed by atoms with Crippen LogP contribution < -0.4 is 0 Å². The van der Waals surface area contributed by atoms with Gasteiger partial charge in [-0.2, -0.15) is 0 Å². The monoisotopic (exact) mass is 349 g/mol. The Bertz CT molecular complexity index is 721. The van der Waals surface area contributed by atoms with Crippen LogP contribution in [0.1, 0.15) is 45.5 Å². The summed E-state index contributed by atoms with van der Waals surface area (Å²) in [5.74, 6) is 0.848. The fourth-order valence-electron chi connectivity index (χ4n) is 2.64. The number of carbonyl (C=O) groups excluding carboxylic acids is 1. The zero-order valence-corrected chi connectivity index (χ0v) is 14.7. The van der Waals surface area contributed by atoms with E-state index < -0.39 is 5.60 Å². The van der Waals surface area contributed by atoms with Gasteiger partial charge in [0.15, 0.2) is 0 Å². The van der Waals surface area contributed by atoms with Gasteiger partial charge in [-0.15, -0.1) is 10.2 Å². The zero-order valence-electron chi connectivity index (χ0n) is 14.0. The molecule has 2 heterocycles. The van der Waals surface area contributed by atoms with E-state index in [1.165, 1.54) is 0 Å². The minimum Gasteiger partial charge on any atom is -0.444 e. The van der Waals surface area contributed by atoms with Crippen LogP contribution in [0.5, 0.6) is 0 Å². The second-order valence-corrected chi connectivity index (χ2v) is 7.22. The van der Waals surface area contributed by atoms with E-state index in [4.69, 9.17) is 20.8 Å². The van der Waals surface area contributed by atoms with Crippen LogP contribution in [0.25, 0.3) is 11.5 Å². The van der Waals surface area contributed by atoms with Gasteiger partial charge in [0, 0.05) is 17.1 Å². The molecule has 7 heteroatoms. The summed E-state index contributed by atoms with van der Waals surface area (Å²) in [4.78, 5) is 14.0. The van der Waals surface area contributed by atoms with E-state index in [2.05, 4.69) is 10.2 Å². The molecule has 24 heavy (non-hydrogen) atoms. The summed E-state index contributed by atoms with van der Waals surface area (Å²) < 4.78 is 11.2. The molecule has 3 rings (SSSR count). The van der Waals surface area contributed by atoms with Crippen molar-refractivity contribution in [3.05, 3.63) is 35.2 Å². The van der Waals surface area contributed by atoms with E-state index in [0.29, 0.717) is 23.3 Å². The maximum atomic E-state index is 12.4. The first kappa shape index (κ1) is 16.8. The largest absolute Gasteiger partial charge is 0.444 e. The highest BCUT2D eigenvalue weighted by molar-refractivity contribution is 6.30. The fourth-order valence-corrected chi connectivity index (χ4v) is 2.77. The first-order valence-electron chi connectivity index (χ1n) is 7.92. The van der Waals surface area contributed by atoms with E-state index in [1.54, 1.807) is 17.0 Å². The van der Waals surface area contributed by atoms with Crippen molar-refractivity contribution < 1.29 is 13.9 Å². The molecule has 1 amide bonds. The van der Waals surface area contributed by atoms with Crippen LogP contribution in [-0.4, -0.2) is 33.3 Å². The van der Waals surface area contributed by atoms with Gasteiger partial charge in [-0.1, -0.05) is 11.6 Å². The van der Waals surface area contributed by atoms with Crippen LogP contribution >= 0.6 is 11.6 Å². The molecule has 1 aliphatic heterocycles. The van der Waals surface area contributed by atoms with Crippen molar-refractivity contribution in [3.8, 4) is 11.5 Å². The minimum absolute atomic E-state index is 0.242. The molecule has 1 fully saturated rings. The average molecular weight is 350 g/mol. The van der Waals surface area contributed by atoms with Gasteiger partial charge >= 0.3 is 6.09 Å². The molecule has 0 N–H and O–H groups in total. The first-order chi connectivity index (χ1) is 11.3. The predicted molar refractivity (Wildman–Crippen MR) is 89.7 cm³/mol. The van der Waals surface area contributed by atoms with Gasteiger partial charge < -0.3 is 9.15 Å². The highest BCUT2D eigenvalue weighted by Crippen LogP contribution is 2.33. The molecule has 0 bridgehead atoms. The number of rotatable bonds is 2. The summed E-state index contributed by atoms with van der Waals surface area (Å²) in [5, 5.41) is 8.86. The normalized spacial score (nSPS) is 18.0. The zero-order chi connectivity index (χ0) is 17.3. The standard InChI is InChI=1S/C17H20ClN3O3/c1-17(2,3)24-16(22)21-10-4-5-13(21)15-20-19-14(23-15)11-6-8-12(18)9-7-11/h6-9,13H,4-5,10H2,1-3H3. The van der Waals surface area contributed by atoms with Crippen molar-refractivity contribution >= 4 is 17.7 Å². The third-order valence-electron chi connectivity index (χ3n) is 3.70. The number of ether oxygens (including phenoxy) is 1. The van der Waals surface area contributed by atoms with Crippen molar-refractivity contribution in [3.63, 3.8) is 0 Å². The van der Waals surface area contributed by atoms with Crippen molar-refractivity contribution in [1.82, 2.24) is 15.1 Å². The summed E-state index contributed by atoms with van der Waals surface area (Å²) in [7, 11) is 0. The Labute approximate surface area is 145 Å². The number of nitrogens with zero attached hydrogens (tertiary/aromatic N) is 3. The summed E-state index contributed by atoms with van der Waals surface area (Å²) in [5.41, 5.74) is 0.257. The summed E-state index contributed by atoms with van der Waals surface area (Å²) in [6.07, 6.45) is 1.31. The number of likely N-dealkylation sites (tertiary alicyclic amines) is 1. The molecule has 2 aromatic rings. The number of halogens is 1. The molecular weight excluding hydrogens is 330 g/mol. The summed E-state index contributed by atoms with van der Waals surface area (Å²) >= 11 is 5.89. The third-order valence-corrected chi connectivity index (χ3v) is 3.95. The van der Waals surface area contributed by atoms with Crippen LogP contribution in [0.2, 0.25) is 5.02 Å². The molecule has 1 unspecified atom stereocenters. The molecule has 1 aliphatic rings. The molecule has 1 saturated heterocycles. The number of benzene rings is 1. The van der Waals surface area contributed by atoms with Gasteiger partial charge in [-0.05, 0) is 57.9 Å². The lowest BCUT2D eigenvalue weighted by Gasteiger charge is -2.27. The molecule has 1 atom stereocenters. The van der Waals surface area contributed by atoms with Gasteiger partial charge in [-0.3, -0.25) is 4.90 Å². The van der Waals surface area contributed by atoms with Crippen LogP contribution in [0.15, 0.2) is 28.7 Å². The van der Waals surface area contributed by atoms with Crippen LogP contribution in [0.4, 0.5) is 4.79 Å². The molecule has 0 radical (unpaired) electrons. The second-order valence-electron chi connectivity index (χ2n) is 6.78. The number of aromatic nitrogens is 2. The third kappa shape index (κ3) is 3.70. The first-order valence-corrected chi connectivity index (χ1v) is 8.30. The second kappa shape index (κ2) is 6.43. The molecule has 1 aromatic carbocycles. The van der Waals surface area contributed by atoms with Crippen molar-refractivity contribution in [1.29, 1.82) is 0 Å². The Kier molecular flexibility index (Phi) is 4.49. The van der Waals surface area contributed by atoms with Crippen LogP contribution in [0, 0.1) is 0 Å². The Morgan fingerprint density at radius 3 is 2.67 bits per heavy atom. The Morgan fingerprint density at radius 2 is 2.00 bits per heavy atom.